The minimum Gasteiger partial charge on any atom is -0.350 e. The summed E-state index contributed by atoms with van der Waals surface area (Å²) in [6, 6.07) is 3.24. The van der Waals surface area contributed by atoms with Crippen LogP contribution in [0.3, 0.4) is 0 Å². The van der Waals surface area contributed by atoms with Gasteiger partial charge in [-0.1, -0.05) is 6.92 Å². The maximum absolute atomic E-state index is 12.8. The first-order valence-electron chi connectivity index (χ1n) is 9.36. The molecule has 1 atom stereocenters. The number of hydrogen-bond donors (Lipinski definition) is 2. The van der Waals surface area contributed by atoms with Gasteiger partial charge in [0.05, 0.1) is 0 Å². The van der Waals surface area contributed by atoms with Crippen LogP contribution in [0.2, 0.25) is 0 Å². The Balaban J connectivity index is 1.57. The Bertz CT molecular complexity index is 761. The van der Waals surface area contributed by atoms with Gasteiger partial charge >= 0.3 is 0 Å². The maximum atomic E-state index is 12.8. The van der Waals surface area contributed by atoms with E-state index in [0.717, 1.165) is 17.8 Å². The highest BCUT2D eigenvalue weighted by Crippen LogP contribution is 2.09. The molecular weight excluding hydrogens is 344 g/mol. The third kappa shape index (κ3) is 4.91. The number of nitrogens with zero attached hydrogens (tertiary/aromatic N) is 4. The Morgan fingerprint density at radius 1 is 1.30 bits per heavy atom. The van der Waals surface area contributed by atoms with E-state index >= 15 is 0 Å². The molecule has 0 radical (unpaired) electrons. The molecule has 0 saturated carbocycles. The van der Waals surface area contributed by atoms with Crippen molar-refractivity contribution in [3.05, 3.63) is 48.3 Å². The Hall–Kier alpha value is -2.74. The molecule has 0 bridgehead atoms. The molecule has 3 rings (SSSR count). The predicted molar refractivity (Wildman–Crippen MR) is 101 cm³/mol. The molecule has 0 unspecified atom stereocenters. The van der Waals surface area contributed by atoms with Gasteiger partial charge in [0, 0.05) is 70.4 Å². The van der Waals surface area contributed by atoms with Gasteiger partial charge in [0.15, 0.2) is 0 Å². The van der Waals surface area contributed by atoms with Gasteiger partial charge in [-0.25, -0.2) is 4.98 Å². The van der Waals surface area contributed by atoms with E-state index in [9.17, 15) is 9.59 Å². The first-order chi connectivity index (χ1) is 13.2. The van der Waals surface area contributed by atoms with E-state index in [1.54, 1.807) is 23.5 Å². The fourth-order valence-corrected chi connectivity index (χ4v) is 3.26. The van der Waals surface area contributed by atoms with E-state index in [2.05, 4.69) is 20.6 Å². The maximum Gasteiger partial charge on any atom is 0.244 e. The minimum atomic E-state index is -0.485. The molecule has 2 N–H and O–H groups in total. The van der Waals surface area contributed by atoms with Crippen molar-refractivity contribution in [1.82, 2.24) is 30.1 Å². The van der Waals surface area contributed by atoms with Crippen LogP contribution in [0.15, 0.2) is 36.9 Å². The number of carbonyl (C=O) groups excluding carboxylic acids is 2. The number of amides is 2. The second kappa shape index (κ2) is 9.27. The van der Waals surface area contributed by atoms with Crippen molar-refractivity contribution in [2.24, 2.45) is 0 Å². The van der Waals surface area contributed by atoms with E-state index < -0.39 is 6.04 Å². The number of carbonyl (C=O) groups is 2. The van der Waals surface area contributed by atoms with Crippen LogP contribution >= 0.6 is 0 Å². The molecule has 0 spiro atoms. The Labute approximate surface area is 159 Å². The molecule has 2 aromatic rings. The van der Waals surface area contributed by atoms with Crippen LogP contribution in [-0.4, -0.2) is 56.9 Å². The molecule has 1 aliphatic rings. The predicted octanol–water partition coefficient (Wildman–Crippen LogP) is 0.347. The molecule has 0 aromatic carbocycles. The standard InChI is InChI=1S/C19H26N6O2/c1-2-17-22-9-11-24(17)10-5-18(26)25-12-8-21-14-16(25)19(27)23-13-15-3-6-20-7-4-15/h3-4,6-7,9,11,16,21H,2,5,8,10,12-14H2,1H3,(H,23,27)/t16-/m0/s1. The summed E-state index contributed by atoms with van der Waals surface area (Å²) in [6.45, 7) is 4.76. The summed E-state index contributed by atoms with van der Waals surface area (Å²) >= 11 is 0. The molecule has 144 valence electrons. The van der Waals surface area contributed by atoms with Gasteiger partial charge in [0.2, 0.25) is 11.8 Å². The van der Waals surface area contributed by atoms with Gasteiger partial charge in [-0.05, 0) is 17.7 Å². The van der Waals surface area contributed by atoms with Crippen molar-refractivity contribution >= 4 is 11.8 Å². The SMILES string of the molecule is CCc1nccn1CCC(=O)N1CCNC[C@H]1C(=O)NCc1ccncc1. The zero-order chi connectivity index (χ0) is 19.1. The van der Waals surface area contributed by atoms with Crippen molar-refractivity contribution in [2.75, 3.05) is 19.6 Å². The monoisotopic (exact) mass is 370 g/mol. The largest absolute Gasteiger partial charge is 0.350 e. The molecule has 2 aromatic heterocycles. The lowest BCUT2D eigenvalue weighted by molar-refractivity contribution is -0.141. The van der Waals surface area contributed by atoms with Crippen molar-refractivity contribution in [2.45, 2.75) is 38.9 Å². The number of imidazole rings is 1. The summed E-state index contributed by atoms with van der Waals surface area (Å²) in [7, 11) is 0. The van der Waals surface area contributed by atoms with Gasteiger partial charge in [-0.2, -0.15) is 0 Å². The van der Waals surface area contributed by atoms with Gasteiger partial charge in [0.25, 0.3) is 0 Å². The Kier molecular flexibility index (Phi) is 6.54. The lowest BCUT2D eigenvalue weighted by Crippen LogP contribution is -2.59. The van der Waals surface area contributed by atoms with Gasteiger partial charge in [0.1, 0.15) is 11.9 Å². The van der Waals surface area contributed by atoms with E-state index in [4.69, 9.17) is 0 Å². The molecule has 1 aliphatic heterocycles. The number of piperazine rings is 1. The summed E-state index contributed by atoms with van der Waals surface area (Å²) < 4.78 is 2.00. The summed E-state index contributed by atoms with van der Waals surface area (Å²) in [5.41, 5.74) is 0.979. The van der Waals surface area contributed by atoms with E-state index in [0.29, 0.717) is 39.1 Å². The molecule has 2 amide bonds. The smallest absolute Gasteiger partial charge is 0.244 e. The molecule has 3 heterocycles. The average molecular weight is 370 g/mol. The van der Waals surface area contributed by atoms with Gasteiger partial charge in [-0.3, -0.25) is 14.6 Å². The number of nitrogens with one attached hydrogen (secondary N) is 2. The van der Waals surface area contributed by atoms with Crippen LogP contribution in [0, 0.1) is 0 Å². The third-order valence-electron chi connectivity index (χ3n) is 4.77. The summed E-state index contributed by atoms with van der Waals surface area (Å²) in [4.78, 5) is 35.3. The molecule has 27 heavy (non-hydrogen) atoms. The second-order valence-electron chi connectivity index (χ2n) is 6.52. The zero-order valence-corrected chi connectivity index (χ0v) is 15.6. The molecule has 8 heteroatoms. The van der Waals surface area contributed by atoms with Crippen molar-refractivity contribution < 1.29 is 9.59 Å². The van der Waals surface area contributed by atoms with Gasteiger partial charge in [-0.15, -0.1) is 0 Å². The van der Waals surface area contributed by atoms with Crippen LogP contribution in [0.4, 0.5) is 0 Å². The summed E-state index contributed by atoms with van der Waals surface area (Å²) in [5, 5.41) is 6.13. The quantitative estimate of drug-likeness (QED) is 0.734. The second-order valence-corrected chi connectivity index (χ2v) is 6.52. The fraction of sp³-hybridized carbons (Fsp3) is 0.474. The zero-order valence-electron chi connectivity index (χ0n) is 15.6. The highest BCUT2D eigenvalue weighted by Gasteiger charge is 2.31. The first kappa shape index (κ1) is 19.0. The summed E-state index contributed by atoms with van der Waals surface area (Å²) in [5.74, 6) is 0.829. The van der Waals surface area contributed by atoms with E-state index in [1.807, 2.05) is 29.8 Å². The molecule has 1 saturated heterocycles. The first-order valence-corrected chi connectivity index (χ1v) is 9.36. The third-order valence-corrected chi connectivity index (χ3v) is 4.77. The molecule has 0 aliphatic carbocycles. The van der Waals surface area contributed by atoms with Crippen molar-refractivity contribution in [1.29, 1.82) is 0 Å². The Morgan fingerprint density at radius 2 is 2.11 bits per heavy atom. The van der Waals surface area contributed by atoms with Crippen LogP contribution in [0.25, 0.3) is 0 Å². The lowest BCUT2D eigenvalue weighted by Gasteiger charge is -2.35. The van der Waals surface area contributed by atoms with Crippen LogP contribution in [-0.2, 0) is 29.1 Å². The minimum absolute atomic E-state index is 0.00341. The Morgan fingerprint density at radius 3 is 2.89 bits per heavy atom. The fourth-order valence-electron chi connectivity index (χ4n) is 3.26. The van der Waals surface area contributed by atoms with Gasteiger partial charge < -0.3 is 20.1 Å². The van der Waals surface area contributed by atoms with Crippen molar-refractivity contribution in [3.63, 3.8) is 0 Å². The molecule has 8 nitrogen and oxygen atoms in total. The highest BCUT2D eigenvalue weighted by molar-refractivity contribution is 5.88. The molecular formula is C19H26N6O2. The van der Waals surface area contributed by atoms with E-state index in [1.165, 1.54) is 0 Å². The highest BCUT2D eigenvalue weighted by atomic mass is 16.2. The summed E-state index contributed by atoms with van der Waals surface area (Å²) in [6.07, 6.45) is 8.22. The number of rotatable bonds is 7. The van der Waals surface area contributed by atoms with Crippen molar-refractivity contribution in [3.8, 4) is 0 Å². The number of aryl methyl sites for hydroxylation is 2. The number of hydrogen-bond acceptors (Lipinski definition) is 5. The lowest BCUT2D eigenvalue weighted by atomic mass is 10.1. The average Bonchev–Trinajstić information content (AvgIpc) is 3.18. The van der Waals surface area contributed by atoms with Crippen LogP contribution in [0.5, 0.6) is 0 Å². The molecule has 1 fully saturated rings. The topological polar surface area (TPSA) is 92.2 Å². The number of pyridine rings is 1. The number of aromatic nitrogens is 3. The van der Waals surface area contributed by atoms with Crippen LogP contribution in [0.1, 0.15) is 24.7 Å². The van der Waals surface area contributed by atoms with E-state index in [-0.39, 0.29) is 11.8 Å². The van der Waals surface area contributed by atoms with Crippen LogP contribution < -0.4 is 10.6 Å². The normalized spacial score (nSPS) is 16.9.